The number of hydrogen-bond acceptors (Lipinski definition) is 7. The molecule has 8 heteroatoms. The number of fused-ring (bicyclic) bond motifs is 2. The van der Waals surface area contributed by atoms with Crippen LogP contribution in [0.2, 0.25) is 0 Å². The van der Waals surface area contributed by atoms with Gasteiger partial charge in [-0.05, 0) is 43.9 Å². The molecule has 0 bridgehead atoms. The van der Waals surface area contributed by atoms with Gasteiger partial charge in [0.2, 0.25) is 0 Å². The zero-order valence-electron chi connectivity index (χ0n) is 17.6. The minimum Gasteiger partial charge on any atom is -0.338 e. The Bertz CT molecular complexity index is 1200. The van der Waals surface area contributed by atoms with Gasteiger partial charge in [-0.25, -0.2) is 9.97 Å². The fourth-order valence-corrected chi connectivity index (χ4v) is 6.62. The van der Waals surface area contributed by atoms with Crippen LogP contribution in [0.25, 0.3) is 20.8 Å². The summed E-state index contributed by atoms with van der Waals surface area (Å²) in [5, 5.41) is 4.49. The predicted molar refractivity (Wildman–Crippen MR) is 128 cm³/mol. The van der Waals surface area contributed by atoms with Crippen LogP contribution in [0, 0.1) is 0 Å². The standard InChI is InChI=1S/C23H25N5OS2.H2/c1-28-14-26-11-15(28)4-2-3-5-16(29)10-20-22(17-6-8-25-13-21(17)30-20)23-27-18-12-24-9-7-19(18)31-23;/h7,9,11-12,14,25H,2-6,8,10,13H2,1H3;1H. The van der Waals surface area contributed by atoms with Crippen LogP contribution in [0.3, 0.4) is 0 Å². The van der Waals surface area contributed by atoms with E-state index in [1.54, 1.807) is 22.7 Å². The molecule has 0 radical (unpaired) electrons. The van der Waals surface area contributed by atoms with E-state index in [0.29, 0.717) is 18.6 Å². The van der Waals surface area contributed by atoms with Gasteiger partial charge in [0.25, 0.3) is 0 Å². The number of Topliss-reactive ketones (excluding diaryl/α,β-unsaturated/α-hetero) is 1. The molecule has 31 heavy (non-hydrogen) atoms. The minimum atomic E-state index is 0. The first kappa shape index (κ1) is 20.5. The summed E-state index contributed by atoms with van der Waals surface area (Å²) in [5.74, 6) is 0.320. The van der Waals surface area contributed by atoms with Crippen LogP contribution >= 0.6 is 22.7 Å². The van der Waals surface area contributed by atoms with Crippen LogP contribution in [0.4, 0.5) is 0 Å². The number of ketones is 1. The number of aryl methyl sites for hydroxylation is 2. The molecule has 0 spiro atoms. The molecule has 0 saturated carbocycles. The zero-order chi connectivity index (χ0) is 21.2. The monoisotopic (exact) mass is 453 g/mol. The van der Waals surface area contributed by atoms with Gasteiger partial charge in [0.05, 0.1) is 17.2 Å². The Morgan fingerprint density at radius 1 is 1.26 bits per heavy atom. The Labute approximate surface area is 190 Å². The van der Waals surface area contributed by atoms with Gasteiger partial charge in [0, 0.05) is 61.3 Å². The molecule has 0 aliphatic carbocycles. The molecular weight excluding hydrogens is 426 g/mol. The molecule has 0 unspecified atom stereocenters. The maximum Gasteiger partial charge on any atom is 0.138 e. The van der Waals surface area contributed by atoms with Crippen molar-refractivity contribution in [1.82, 2.24) is 24.8 Å². The summed E-state index contributed by atoms with van der Waals surface area (Å²) in [6.07, 6.45) is 12.4. The van der Waals surface area contributed by atoms with Crippen LogP contribution in [0.15, 0.2) is 31.0 Å². The van der Waals surface area contributed by atoms with Gasteiger partial charge >= 0.3 is 0 Å². The molecule has 0 fully saturated rings. The summed E-state index contributed by atoms with van der Waals surface area (Å²) < 4.78 is 3.19. The average Bonchev–Trinajstić information content (AvgIpc) is 3.47. The number of nitrogens with one attached hydrogen (secondary N) is 1. The lowest BCUT2D eigenvalue weighted by atomic mass is 10.00. The molecule has 5 rings (SSSR count). The van der Waals surface area contributed by atoms with Crippen molar-refractivity contribution in [1.29, 1.82) is 0 Å². The molecule has 1 N–H and O–H groups in total. The number of unbranched alkanes of at least 4 members (excludes halogenated alkanes) is 1. The molecule has 6 nitrogen and oxygen atoms in total. The third-order valence-corrected chi connectivity index (χ3v) is 8.10. The van der Waals surface area contributed by atoms with Gasteiger partial charge in [-0.3, -0.25) is 9.78 Å². The number of thiazole rings is 1. The maximum absolute atomic E-state index is 12.9. The topological polar surface area (TPSA) is 72.7 Å². The van der Waals surface area contributed by atoms with E-state index in [2.05, 4.69) is 15.3 Å². The summed E-state index contributed by atoms with van der Waals surface area (Å²) in [4.78, 5) is 28.6. The molecular formula is C23H27N5OS2. The van der Waals surface area contributed by atoms with Crippen molar-refractivity contribution < 1.29 is 6.22 Å². The highest BCUT2D eigenvalue weighted by Crippen LogP contribution is 2.41. The van der Waals surface area contributed by atoms with Crippen molar-refractivity contribution in [2.24, 2.45) is 7.05 Å². The van der Waals surface area contributed by atoms with Gasteiger partial charge in [-0.2, -0.15) is 0 Å². The quantitative estimate of drug-likeness (QED) is 0.396. The van der Waals surface area contributed by atoms with Crippen LogP contribution in [0.1, 0.15) is 41.7 Å². The Hall–Kier alpha value is -2.42. The molecule has 0 atom stereocenters. The van der Waals surface area contributed by atoms with Gasteiger partial charge in [-0.15, -0.1) is 22.7 Å². The lowest BCUT2D eigenvalue weighted by Crippen LogP contribution is -2.22. The number of rotatable bonds is 8. The van der Waals surface area contributed by atoms with E-state index in [4.69, 9.17) is 4.98 Å². The first-order valence-corrected chi connectivity index (χ1v) is 12.3. The number of carbonyl (C=O) groups excluding carboxylic acids is 1. The number of carbonyl (C=O) groups is 1. The Morgan fingerprint density at radius 2 is 2.19 bits per heavy atom. The number of pyridine rings is 1. The van der Waals surface area contributed by atoms with E-state index in [-0.39, 0.29) is 1.43 Å². The lowest BCUT2D eigenvalue weighted by Gasteiger charge is -2.13. The second-order valence-electron chi connectivity index (χ2n) is 8.01. The van der Waals surface area contributed by atoms with Crippen LogP contribution in [0.5, 0.6) is 0 Å². The van der Waals surface area contributed by atoms with E-state index >= 15 is 0 Å². The van der Waals surface area contributed by atoms with Gasteiger partial charge in [-0.1, -0.05) is 0 Å². The summed E-state index contributed by atoms with van der Waals surface area (Å²) in [7, 11) is 2.01. The largest absolute Gasteiger partial charge is 0.338 e. The molecule has 162 valence electrons. The number of imidazole rings is 1. The Balaban J connectivity index is 0.00000245. The smallest absolute Gasteiger partial charge is 0.138 e. The highest BCUT2D eigenvalue weighted by Gasteiger charge is 2.25. The molecule has 1 aliphatic heterocycles. The molecule has 5 heterocycles. The normalized spacial score (nSPS) is 13.6. The number of thiophene rings is 1. The van der Waals surface area contributed by atoms with Crippen molar-refractivity contribution >= 4 is 38.7 Å². The van der Waals surface area contributed by atoms with Crippen molar-refractivity contribution in [2.75, 3.05) is 6.54 Å². The second-order valence-corrected chi connectivity index (χ2v) is 10.2. The first-order valence-electron chi connectivity index (χ1n) is 10.7. The third kappa shape index (κ3) is 4.33. The van der Waals surface area contributed by atoms with Crippen molar-refractivity contribution in [3.8, 4) is 10.6 Å². The summed E-state index contributed by atoms with van der Waals surface area (Å²) >= 11 is 3.50. The predicted octanol–water partition coefficient (Wildman–Crippen LogP) is 4.57. The van der Waals surface area contributed by atoms with E-state index < -0.39 is 0 Å². The van der Waals surface area contributed by atoms with E-state index in [1.165, 1.54) is 26.6 Å². The highest BCUT2D eigenvalue weighted by molar-refractivity contribution is 7.22. The molecule has 4 aromatic rings. The van der Waals surface area contributed by atoms with Gasteiger partial charge in [0.15, 0.2) is 0 Å². The fraction of sp³-hybridized carbons (Fsp3) is 0.391. The second kappa shape index (κ2) is 8.98. The third-order valence-electron chi connectivity index (χ3n) is 5.82. The number of hydrogen-bond donors (Lipinski definition) is 1. The molecule has 0 aromatic carbocycles. The number of nitrogens with zero attached hydrogens (tertiary/aromatic N) is 4. The van der Waals surface area contributed by atoms with E-state index in [1.807, 2.05) is 42.6 Å². The van der Waals surface area contributed by atoms with Gasteiger partial charge in [0.1, 0.15) is 16.3 Å². The van der Waals surface area contributed by atoms with Crippen LogP contribution in [-0.2, 0) is 37.6 Å². The Morgan fingerprint density at radius 3 is 3.03 bits per heavy atom. The average molecular weight is 454 g/mol. The minimum absolute atomic E-state index is 0. The van der Waals surface area contributed by atoms with Gasteiger partial charge < -0.3 is 9.88 Å². The van der Waals surface area contributed by atoms with Crippen molar-refractivity contribution in [3.05, 3.63) is 52.0 Å². The van der Waals surface area contributed by atoms with Crippen LogP contribution in [-0.4, -0.2) is 31.8 Å². The van der Waals surface area contributed by atoms with E-state index in [9.17, 15) is 4.79 Å². The molecule has 0 saturated heterocycles. The number of aromatic nitrogens is 4. The highest BCUT2D eigenvalue weighted by atomic mass is 32.1. The SMILES string of the molecule is Cn1cncc1CCCCC(=O)Cc1sc2c(c1-c1nc3cnccc3s1)CCNC2.[HH]. The maximum atomic E-state index is 12.9. The first-order chi connectivity index (χ1) is 15.2. The van der Waals surface area contributed by atoms with Crippen molar-refractivity contribution in [2.45, 2.75) is 45.1 Å². The molecule has 0 amide bonds. The zero-order valence-corrected chi connectivity index (χ0v) is 19.2. The summed E-state index contributed by atoms with van der Waals surface area (Å²) in [5.41, 5.74) is 4.75. The molecule has 4 aromatic heterocycles. The summed E-state index contributed by atoms with van der Waals surface area (Å²) in [6.45, 7) is 1.86. The van der Waals surface area contributed by atoms with Crippen LogP contribution < -0.4 is 5.32 Å². The Kier molecular flexibility index (Phi) is 5.93. The van der Waals surface area contributed by atoms with Crippen molar-refractivity contribution in [3.63, 3.8) is 0 Å². The summed E-state index contributed by atoms with van der Waals surface area (Å²) in [6, 6.07) is 2.02. The fourth-order valence-electron chi connectivity index (χ4n) is 4.17. The lowest BCUT2D eigenvalue weighted by molar-refractivity contribution is -0.118. The molecule has 1 aliphatic rings. The van der Waals surface area contributed by atoms with E-state index in [0.717, 1.165) is 54.0 Å².